The molecule has 0 fully saturated rings. The molecule has 0 aliphatic heterocycles. The summed E-state index contributed by atoms with van der Waals surface area (Å²) in [6.45, 7) is 7.39. The molecule has 0 aliphatic rings. The van der Waals surface area contributed by atoms with Gasteiger partial charge < -0.3 is 9.88 Å². The molecule has 1 N–H and O–H groups in total. The molecular weight excluding hydrogens is 210 g/mol. The minimum Gasteiger partial charge on any atom is -0.337 e. The average Bonchev–Trinajstić information content (AvgIpc) is 2.79. The van der Waals surface area contributed by atoms with Gasteiger partial charge in [-0.05, 0) is 13.0 Å². The first kappa shape index (κ1) is 14.2. The highest BCUT2D eigenvalue weighted by Gasteiger charge is 1.97. The summed E-state index contributed by atoms with van der Waals surface area (Å²) in [6, 6.07) is 0. The van der Waals surface area contributed by atoms with E-state index in [9.17, 15) is 0 Å². The number of imidazole rings is 1. The summed E-state index contributed by atoms with van der Waals surface area (Å²) < 4.78 is 2.21. The summed E-state index contributed by atoms with van der Waals surface area (Å²) in [5.74, 6) is 0. The van der Waals surface area contributed by atoms with Gasteiger partial charge in [0.05, 0.1) is 12.0 Å². The molecule has 1 aromatic rings. The summed E-state index contributed by atoms with van der Waals surface area (Å²) in [4.78, 5) is 4.38. The van der Waals surface area contributed by atoms with Crippen molar-refractivity contribution in [1.29, 1.82) is 0 Å². The van der Waals surface area contributed by atoms with Gasteiger partial charge >= 0.3 is 0 Å². The van der Waals surface area contributed by atoms with Crippen LogP contribution in [0.4, 0.5) is 0 Å². The highest BCUT2D eigenvalue weighted by atomic mass is 15.0. The minimum atomic E-state index is 0.889. The van der Waals surface area contributed by atoms with E-state index in [-0.39, 0.29) is 0 Å². The first-order chi connectivity index (χ1) is 8.36. The quantitative estimate of drug-likeness (QED) is 0.632. The molecule has 3 heteroatoms. The van der Waals surface area contributed by atoms with E-state index in [1.165, 1.54) is 38.5 Å². The molecule has 0 saturated heterocycles. The van der Waals surface area contributed by atoms with Crippen molar-refractivity contribution in [2.45, 2.75) is 65.5 Å². The Labute approximate surface area is 106 Å². The molecule has 0 unspecified atom stereocenters. The van der Waals surface area contributed by atoms with Gasteiger partial charge in [0.15, 0.2) is 0 Å². The highest BCUT2D eigenvalue weighted by Crippen LogP contribution is 2.06. The number of hydrogen-bond donors (Lipinski definition) is 1. The Balaban J connectivity index is 2.08. The predicted octanol–water partition coefficient (Wildman–Crippen LogP) is 3.35. The maximum absolute atomic E-state index is 4.38. The molecule has 0 saturated carbocycles. The Hall–Kier alpha value is -0.830. The fourth-order valence-electron chi connectivity index (χ4n) is 1.95. The zero-order chi connectivity index (χ0) is 12.3. The fraction of sp³-hybridized carbons (Fsp3) is 0.786. The van der Waals surface area contributed by atoms with Crippen molar-refractivity contribution in [1.82, 2.24) is 14.9 Å². The lowest BCUT2D eigenvalue weighted by Crippen LogP contribution is -2.11. The van der Waals surface area contributed by atoms with Crippen LogP contribution in [-0.4, -0.2) is 16.1 Å². The third kappa shape index (κ3) is 6.47. The number of aromatic nitrogens is 2. The van der Waals surface area contributed by atoms with Crippen molar-refractivity contribution in [3.8, 4) is 0 Å². The van der Waals surface area contributed by atoms with Gasteiger partial charge in [0, 0.05) is 19.3 Å². The Morgan fingerprint density at radius 2 is 1.88 bits per heavy atom. The number of rotatable bonds is 10. The molecule has 0 bridgehead atoms. The summed E-state index contributed by atoms with van der Waals surface area (Å²) >= 11 is 0. The Kier molecular flexibility index (Phi) is 7.72. The van der Waals surface area contributed by atoms with Gasteiger partial charge in [-0.2, -0.15) is 0 Å². The van der Waals surface area contributed by atoms with Crippen molar-refractivity contribution in [2.75, 3.05) is 6.54 Å². The number of unbranched alkanes of at least 4 members (excludes halogenated alkanes) is 5. The van der Waals surface area contributed by atoms with Gasteiger partial charge in [0.25, 0.3) is 0 Å². The van der Waals surface area contributed by atoms with Crippen LogP contribution in [0.15, 0.2) is 12.5 Å². The number of hydrogen-bond acceptors (Lipinski definition) is 2. The van der Waals surface area contributed by atoms with Crippen molar-refractivity contribution >= 4 is 0 Å². The lowest BCUT2D eigenvalue weighted by molar-refractivity contribution is 0.557. The molecule has 1 heterocycles. The van der Waals surface area contributed by atoms with Gasteiger partial charge in [-0.15, -0.1) is 0 Å². The van der Waals surface area contributed by atoms with Crippen LogP contribution < -0.4 is 5.32 Å². The normalized spacial score (nSPS) is 10.9. The van der Waals surface area contributed by atoms with E-state index in [2.05, 4.69) is 34.9 Å². The van der Waals surface area contributed by atoms with Crippen LogP contribution in [0.25, 0.3) is 0 Å². The number of aryl methyl sites for hydroxylation is 1. The third-order valence-corrected chi connectivity index (χ3v) is 3.01. The maximum atomic E-state index is 4.38. The third-order valence-electron chi connectivity index (χ3n) is 3.01. The second kappa shape index (κ2) is 9.23. The van der Waals surface area contributed by atoms with Crippen LogP contribution in [0, 0.1) is 0 Å². The van der Waals surface area contributed by atoms with E-state index >= 15 is 0 Å². The van der Waals surface area contributed by atoms with Gasteiger partial charge in [-0.25, -0.2) is 4.98 Å². The molecule has 98 valence electrons. The summed E-state index contributed by atoms with van der Waals surface area (Å²) in [5, 5.41) is 3.29. The predicted molar refractivity (Wildman–Crippen MR) is 73.0 cm³/mol. The summed E-state index contributed by atoms with van der Waals surface area (Å²) in [7, 11) is 0. The van der Waals surface area contributed by atoms with Crippen LogP contribution in [0.2, 0.25) is 0 Å². The van der Waals surface area contributed by atoms with Crippen molar-refractivity contribution in [3.63, 3.8) is 0 Å². The monoisotopic (exact) mass is 237 g/mol. The van der Waals surface area contributed by atoms with Gasteiger partial charge in [-0.3, -0.25) is 0 Å². The molecule has 3 nitrogen and oxygen atoms in total. The Morgan fingerprint density at radius 1 is 1.12 bits per heavy atom. The zero-order valence-corrected chi connectivity index (χ0v) is 11.4. The molecular formula is C14H27N3. The Bertz CT molecular complexity index is 281. The Morgan fingerprint density at radius 3 is 2.65 bits per heavy atom. The number of nitrogens with one attached hydrogen (secondary N) is 1. The van der Waals surface area contributed by atoms with Crippen LogP contribution in [0.1, 0.15) is 58.1 Å². The molecule has 0 radical (unpaired) electrons. The van der Waals surface area contributed by atoms with E-state index < -0.39 is 0 Å². The average molecular weight is 237 g/mol. The summed E-state index contributed by atoms with van der Waals surface area (Å²) in [5.41, 5.74) is 1.15. The molecule has 1 aromatic heterocycles. The molecule has 0 spiro atoms. The highest BCUT2D eigenvalue weighted by molar-refractivity contribution is 4.95. The minimum absolute atomic E-state index is 0.889. The van der Waals surface area contributed by atoms with Crippen LogP contribution in [0.3, 0.4) is 0 Å². The van der Waals surface area contributed by atoms with E-state index in [0.717, 1.165) is 25.3 Å². The van der Waals surface area contributed by atoms with E-state index in [1.54, 1.807) is 0 Å². The van der Waals surface area contributed by atoms with Crippen LogP contribution >= 0.6 is 0 Å². The molecule has 0 atom stereocenters. The fourth-order valence-corrected chi connectivity index (χ4v) is 1.95. The topological polar surface area (TPSA) is 29.9 Å². The largest absolute Gasteiger partial charge is 0.337 e. The molecule has 0 aromatic carbocycles. The van der Waals surface area contributed by atoms with Gasteiger partial charge in [0.1, 0.15) is 0 Å². The zero-order valence-electron chi connectivity index (χ0n) is 11.4. The summed E-state index contributed by atoms with van der Waals surface area (Å²) in [6.07, 6.45) is 12.2. The molecule has 1 rings (SSSR count). The first-order valence-electron chi connectivity index (χ1n) is 7.08. The van der Waals surface area contributed by atoms with Crippen molar-refractivity contribution in [3.05, 3.63) is 18.2 Å². The van der Waals surface area contributed by atoms with Crippen LogP contribution in [-0.2, 0) is 13.1 Å². The molecule has 17 heavy (non-hydrogen) atoms. The smallest absolute Gasteiger partial charge is 0.0949 e. The lowest BCUT2D eigenvalue weighted by Gasteiger charge is -2.02. The SMILES string of the molecule is CCCCCCCCn1cnc(CNCC)c1. The van der Waals surface area contributed by atoms with E-state index in [1.807, 2.05) is 6.33 Å². The van der Waals surface area contributed by atoms with Gasteiger partial charge in [-0.1, -0.05) is 46.0 Å². The van der Waals surface area contributed by atoms with Crippen LogP contribution in [0.5, 0.6) is 0 Å². The van der Waals surface area contributed by atoms with Crippen molar-refractivity contribution in [2.24, 2.45) is 0 Å². The lowest BCUT2D eigenvalue weighted by atomic mass is 10.1. The van der Waals surface area contributed by atoms with Gasteiger partial charge in [0.2, 0.25) is 0 Å². The maximum Gasteiger partial charge on any atom is 0.0949 e. The van der Waals surface area contributed by atoms with E-state index in [4.69, 9.17) is 0 Å². The molecule has 0 amide bonds. The standard InChI is InChI=1S/C14H27N3/c1-3-5-6-7-8-9-10-17-12-14(16-13-17)11-15-4-2/h12-13,15H,3-11H2,1-2H3. The second-order valence-corrected chi connectivity index (χ2v) is 4.65. The van der Waals surface area contributed by atoms with E-state index in [0.29, 0.717) is 0 Å². The first-order valence-corrected chi connectivity index (χ1v) is 7.08. The molecule has 0 aliphatic carbocycles. The number of nitrogens with zero attached hydrogens (tertiary/aromatic N) is 2. The second-order valence-electron chi connectivity index (χ2n) is 4.65. The van der Waals surface area contributed by atoms with Crippen molar-refractivity contribution < 1.29 is 0 Å².